The lowest BCUT2D eigenvalue weighted by atomic mass is 9.45. The number of anilines is 1. The summed E-state index contributed by atoms with van der Waals surface area (Å²) in [5.74, 6) is 3.17. The van der Waals surface area contributed by atoms with Crippen LogP contribution in [0.15, 0.2) is 24.3 Å². The molecule has 2 saturated carbocycles. The third-order valence-corrected chi connectivity index (χ3v) is 10.8. The molecule has 2 bridgehead atoms. The molecule has 3 aliphatic carbocycles. The summed E-state index contributed by atoms with van der Waals surface area (Å²) in [6.07, 6.45) is 6.31. The molecule has 6 rings (SSSR count). The summed E-state index contributed by atoms with van der Waals surface area (Å²) in [7, 11) is 4.08. The summed E-state index contributed by atoms with van der Waals surface area (Å²) < 4.78 is 5.83. The van der Waals surface area contributed by atoms with Gasteiger partial charge in [0.1, 0.15) is 5.75 Å². The molecule has 6 unspecified atom stereocenters. The van der Waals surface area contributed by atoms with Gasteiger partial charge in [-0.25, -0.2) is 9.97 Å². The van der Waals surface area contributed by atoms with E-state index in [1.807, 2.05) is 7.11 Å². The zero-order chi connectivity index (χ0) is 26.3. The van der Waals surface area contributed by atoms with Gasteiger partial charge in [0.2, 0.25) is 5.95 Å². The van der Waals surface area contributed by atoms with E-state index in [9.17, 15) is 0 Å². The quantitative estimate of drug-likeness (QED) is 0.516. The molecule has 37 heavy (non-hydrogen) atoms. The van der Waals surface area contributed by atoms with Crippen LogP contribution in [-0.2, 0) is 11.8 Å². The fraction of sp³-hybridized carbons (Fsp3) is 0.688. The summed E-state index contributed by atoms with van der Waals surface area (Å²) in [4.78, 5) is 15.1. The Morgan fingerprint density at radius 2 is 1.78 bits per heavy atom. The van der Waals surface area contributed by atoms with Crippen molar-refractivity contribution in [3.8, 4) is 5.75 Å². The maximum atomic E-state index is 5.83. The van der Waals surface area contributed by atoms with E-state index in [2.05, 4.69) is 82.7 Å². The number of aryl methyl sites for hydroxylation is 2. The smallest absolute Gasteiger partial charge is 0.225 e. The highest BCUT2D eigenvalue weighted by Gasteiger charge is 2.74. The maximum absolute atomic E-state index is 5.83. The average Bonchev–Trinajstić information content (AvgIpc) is 3.26. The first-order valence-corrected chi connectivity index (χ1v) is 14.5. The van der Waals surface area contributed by atoms with Crippen molar-refractivity contribution in [3.63, 3.8) is 0 Å². The van der Waals surface area contributed by atoms with Gasteiger partial charge in [-0.15, -0.1) is 0 Å². The van der Waals surface area contributed by atoms with Crippen molar-refractivity contribution in [1.29, 1.82) is 0 Å². The van der Waals surface area contributed by atoms with Crippen LogP contribution in [0.1, 0.15) is 75.9 Å². The predicted molar refractivity (Wildman–Crippen MR) is 150 cm³/mol. The monoisotopic (exact) mass is 502 g/mol. The second-order valence-corrected chi connectivity index (χ2v) is 13.9. The lowest BCUT2D eigenvalue weighted by Gasteiger charge is -2.65. The number of hydrogen-bond donors (Lipinski definition) is 0. The van der Waals surface area contributed by atoms with E-state index in [-0.39, 0.29) is 5.41 Å². The molecule has 1 aromatic carbocycles. The molecule has 0 amide bonds. The minimum absolute atomic E-state index is 0.195. The number of likely N-dealkylation sites (tertiary alicyclic amines) is 1. The Bertz CT molecular complexity index is 1180. The Hall–Kier alpha value is -2.14. The van der Waals surface area contributed by atoms with Gasteiger partial charge in [0.05, 0.1) is 7.11 Å². The van der Waals surface area contributed by atoms with Crippen LogP contribution in [0.5, 0.6) is 5.75 Å². The number of hydrogen-bond acceptors (Lipinski definition) is 5. The maximum Gasteiger partial charge on any atom is 0.225 e. The molecule has 1 aliphatic heterocycles. The Morgan fingerprint density at radius 1 is 1.08 bits per heavy atom. The van der Waals surface area contributed by atoms with Crippen LogP contribution in [0.3, 0.4) is 0 Å². The van der Waals surface area contributed by atoms with Crippen LogP contribution in [0, 0.1) is 36.5 Å². The number of fused-ring (bicyclic) bond motifs is 1. The van der Waals surface area contributed by atoms with E-state index in [1.54, 1.807) is 11.1 Å². The van der Waals surface area contributed by atoms with Gasteiger partial charge >= 0.3 is 0 Å². The molecule has 0 radical (unpaired) electrons. The van der Waals surface area contributed by atoms with Crippen molar-refractivity contribution in [3.05, 3.63) is 46.8 Å². The predicted octanol–water partition coefficient (Wildman–Crippen LogP) is 5.96. The lowest BCUT2D eigenvalue weighted by molar-refractivity contribution is -0.112. The normalized spacial score (nSPS) is 34.6. The zero-order valence-electron chi connectivity index (χ0n) is 24.3. The molecule has 200 valence electrons. The van der Waals surface area contributed by atoms with Gasteiger partial charge in [0, 0.05) is 49.0 Å². The lowest BCUT2D eigenvalue weighted by Crippen LogP contribution is -2.70. The molecule has 4 aliphatic rings. The average molecular weight is 503 g/mol. The molecule has 6 atom stereocenters. The van der Waals surface area contributed by atoms with Crippen LogP contribution in [0.4, 0.5) is 5.95 Å². The first kappa shape index (κ1) is 25.2. The zero-order valence-corrected chi connectivity index (χ0v) is 24.3. The van der Waals surface area contributed by atoms with Gasteiger partial charge in [0.15, 0.2) is 0 Å². The highest BCUT2D eigenvalue weighted by Crippen LogP contribution is 2.74. The Labute approximate surface area is 224 Å². The number of nitrogens with zero attached hydrogens (tertiary/aromatic N) is 4. The van der Waals surface area contributed by atoms with Gasteiger partial charge in [-0.1, -0.05) is 26.8 Å². The molecule has 1 saturated heterocycles. The van der Waals surface area contributed by atoms with E-state index in [1.165, 1.54) is 45.2 Å². The molecule has 0 N–H and O–H groups in total. The van der Waals surface area contributed by atoms with E-state index in [0.29, 0.717) is 34.7 Å². The molecular weight excluding hydrogens is 456 g/mol. The Kier molecular flexibility index (Phi) is 5.73. The van der Waals surface area contributed by atoms with Crippen molar-refractivity contribution in [2.45, 2.75) is 91.1 Å². The molecule has 2 aromatic rings. The van der Waals surface area contributed by atoms with Gasteiger partial charge in [-0.05, 0) is 105 Å². The van der Waals surface area contributed by atoms with E-state index in [0.717, 1.165) is 23.1 Å². The first-order valence-electron chi connectivity index (χ1n) is 14.5. The van der Waals surface area contributed by atoms with Gasteiger partial charge in [-0.3, -0.25) is 4.90 Å². The molecule has 1 aromatic heterocycles. The largest absolute Gasteiger partial charge is 0.497 e. The minimum atomic E-state index is 0.195. The van der Waals surface area contributed by atoms with Crippen molar-refractivity contribution in [2.24, 2.45) is 22.7 Å². The molecule has 3 fully saturated rings. The molecule has 5 heteroatoms. The van der Waals surface area contributed by atoms with E-state index >= 15 is 0 Å². The van der Waals surface area contributed by atoms with Crippen molar-refractivity contribution in [2.75, 3.05) is 32.1 Å². The fourth-order valence-corrected chi connectivity index (χ4v) is 9.77. The van der Waals surface area contributed by atoms with E-state index < -0.39 is 0 Å². The molecular formula is C32H46N4O. The summed E-state index contributed by atoms with van der Waals surface area (Å²) in [6.45, 7) is 16.3. The highest BCUT2D eigenvalue weighted by atomic mass is 16.5. The van der Waals surface area contributed by atoms with Crippen molar-refractivity contribution >= 4 is 5.95 Å². The van der Waals surface area contributed by atoms with Crippen LogP contribution >= 0.6 is 0 Å². The summed E-state index contributed by atoms with van der Waals surface area (Å²) in [5.41, 5.74) is 6.10. The van der Waals surface area contributed by atoms with Gasteiger partial charge < -0.3 is 9.64 Å². The topological polar surface area (TPSA) is 41.5 Å². The standard InChI is InChI=1S/C32H46N4O/c1-20-15-21(2)34-29(33-20)35(7)28-12-14-31-13-11-26(28)32(31)24(18-36(22(31)3)19-30(4,5)6)16-23-9-10-25(37-8)17-27(23)32/h9-10,15,17,22,24,26,28H,11-14,16,18-19H2,1-8H3. The van der Waals surface area contributed by atoms with E-state index in [4.69, 9.17) is 14.7 Å². The third kappa shape index (κ3) is 3.52. The number of rotatable bonds is 4. The number of aromatic nitrogens is 2. The molecule has 1 spiro atoms. The summed E-state index contributed by atoms with van der Waals surface area (Å²) in [5, 5.41) is 0. The fourth-order valence-electron chi connectivity index (χ4n) is 9.77. The van der Waals surface area contributed by atoms with Crippen LogP contribution in [0.25, 0.3) is 0 Å². The second-order valence-electron chi connectivity index (χ2n) is 13.9. The number of ether oxygens (including phenoxy) is 1. The highest BCUT2D eigenvalue weighted by molar-refractivity contribution is 5.52. The van der Waals surface area contributed by atoms with Crippen molar-refractivity contribution < 1.29 is 4.74 Å². The molecule has 2 heterocycles. The van der Waals surface area contributed by atoms with Crippen LogP contribution in [-0.4, -0.2) is 54.2 Å². The molecule has 5 nitrogen and oxygen atoms in total. The first-order chi connectivity index (χ1) is 17.5. The summed E-state index contributed by atoms with van der Waals surface area (Å²) >= 11 is 0. The number of methoxy groups -OCH3 is 1. The second kappa shape index (κ2) is 8.43. The van der Waals surface area contributed by atoms with Crippen LogP contribution in [0.2, 0.25) is 0 Å². The van der Waals surface area contributed by atoms with Gasteiger partial charge in [0.25, 0.3) is 0 Å². The van der Waals surface area contributed by atoms with Crippen molar-refractivity contribution in [1.82, 2.24) is 14.9 Å². The van der Waals surface area contributed by atoms with Crippen LogP contribution < -0.4 is 9.64 Å². The number of benzene rings is 1. The third-order valence-electron chi connectivity index (χ3n) is 10.8. The Morgan fingerprint density at radius 3 is 2.46 bits per heavy atom. The Balaban J connectivity index is 1.49. The number of piperidine rings is 1. The SMILES string of the molecule is COc1ccc2c(c1)C13C(C2)CN(CC(C)(C)C)C(C)C12CCC(N(C)c1nc(C)cc(C)n1)C3CC2. The minimum Gasteiger partial charge on any atom is -0.497 e. The summed E-state index contributed by atoms with van der Waals surface area (Å²) in [6, 6.07) is 10.1. The van der Waals surface area contributed by atoms with Gasteiger partial charge in [-0.2, -0.15) is 0 Å².